The quantitative estimate of drug-likeness (QED) is 0.429. The van der Waals surface area contributed by atoms with Crippen molar-refractivity contribution in [3.63, 3.8) is 0 Å². The highest BCUT2D eigenvalue weighted by Crippen LogP contribution is 2.29. The number of pyridine rings is 1. The van der Waals surface area contributed by atoms with Gasteiger partial charge >= 0.3 is 0 Å². The van der Waals surface area contributed by atoms with Gasteiger partial charge in [0.25, 0.3) is 0 Å². The maximum Gasteiger partial charge on any atom is 0.179 e. The van der Waals surface area contributed by atoms with Crippen LogP contribution in [0, 0.1) is 22.5 Å². The zero-order valence-electron chi connectivity index (χ0n) is 14.0. The molecular formula is C18H15F2N5O. The topological polar surface area (TPSA) is 95.5 Å². The van der Waals surface area contributed by atoms with E-state index < -0.39 is 17.6 Å². The van der Waals surface area contributed by atoms with Crippen LogP contribution in [0.2, 0.25) is 0 Å². The lowest BCUT2D eigenvalue weighted by Crippen LogP contribution is -2.33. The van der Waals surface area contributed by atoms with E-state index in [1.54, 1.807) is 0 Å². The SMILES string of the molecule is CC(=O)c1ccc(=N)n(C(=N)C(C)c2c(F)cc3ncccc3c2F)n1. The standard InChI is InChI=1S/C18H15F2N5O/c1-9(18(22)25-15(21)6-5-13(24-25)10(2)26)16-12(19)8-14-11(17(16)20)4-3-7-23-14/h3-9,21-22H,1-2H3. The van der Waals surface area contributed by atoms with Gasteiger partial charge in [-0.15, -0.1) is 0 Å². The van der Waals surface area contributed by atoms with Gasteiger partial charge in [-0.05, 0) is 24.3 Å². The largest absolute Gasteiger partial charge is 0.293 e. The van der Waals surface area contributed by atoms with Crippen molar-refractivity contribution in [2.75, 3.05) is 0 Å². The Morgan fingerprint density at radius 1 is 1.27 bits per heavy atom. The van der Waals surface area contributed by atoms with Crippen molar-refractivity contribution in [1.82, 2.24) is 14.8 Å². The van der Waals surface area contributed by atoms with Crippen molar-refractivity contribution >= 4 is 22.5 Å². The number of benzene rings is 1. The third kappa shape index (κ3) is 2.90. The summed E-state index contributed by atoms with van der Waals surface area (Å²) in [5.74, 6) is -3.34. The Morgan fingerprint density at radius 3 is 2.69 bits per heavy atom. The van der Waals surface area contributed by atoms with E-state index in [2.05, 4.69) is 10.1 Å². The second-order valence-electron chi connectivity index (χ2n) is 5.83. The van der Waals surface area contributed by atoms with Gasteiger partial charge in [-0.25, -0.2) is 13.5 Å². The van der Waals surface area contributed by atoms with Gasteiger partial charge in [0.15, 0.2) is 5.78 Å². The fraction of sp³-hybridized carbons (Fsp3) is 0.167. The zero-order valence-corrected chi connectivity index (χ0v) is 14.0. The highest BCUT2D eigenvalue weighted by atomic mass is 19.1. The van der Waals surface area contributed by atoms with Crippen LogP contribution >= 0.6 is 0 Å². The lowest BCUT2D eigenvalue weighted by molar-refractivity contribution is 0.101. The Hall–Kier alpha value is -3.29. The first-order valence-corrected chi connectivity index (χ1v) is 7.78. The lowest BCUT2D eigenvalue weighted by Gasteiger charge is -2.18. The van der Waals surface area contributed by atoms with Gasteiger partial charge in [-0.2, -0.15) is 5.10 Å². The molecule has 1 atom stereocenters. The molecule has 3 aromatic rings. The summed E-state index contributed by atoms with van der Waals surface area (Å²) < 4.78 is 30.3. The van der Waals surface area contributed by atoms with Crippen molar-refractivity contribution in [3.8, 4) is 0 Å². The molecule has 0 spiro atoms. The minimum atomic E-state index is -1.04. The van der Waals surface area contributed by atoms with Crippen LogP contribution in [0.25, 0.3) is 10.9 Å². The van der Waals surface area contributed by atoms with Gasteiger partial charge in [0.1, 0.15) is 28.7 Å². The number of hydrogen-bond acceptors (Lipinski definition) is 5. The molecule has 2 N–H and O–H groups in total. The molecule has 0 aliphatic rings. The number of carbonyl (C=O) groups is 1. The highest BCUT2D eigenvalue weighted by Gasteiger charge is 2.24. The number of Topliss-reactive ketones (excluding diaryl/α,β-unsaturated/α-hetero) is 1. The lowest BCUT2D eigenvalue weighted by atomic mass is 9.96. The van der Waals surface area contributed by atoms with E-state index >= 15 is 0 Å². The Morgan fingerprint density at radius 2 is 2.00 bits per heavy atom. The molecule has 132 valence electrons. The van der Waals surface area contributed by atoms with Crippen LogP contribution in [0.15, 0.2) is 36.5 Å². The molecule has 0 fully saturated rings. The van der Waals surface area contributed by atoms with E-state index in [-0.39, 0.29) is 39.3 Å². The van der Waals surface area contributed by atoms with Crippen LogP contribution in [0.3, 0.4) is 0 Å². The summed E-state index contributed by atoms with van der Waals surface area (Å²) in [6.07, 6.45) is 1.44. The Bertz CT molecular complexity index is 1110. The van der Waals surface area contributed by atoms with E-state index in [4.69, 9.17) is 10.8 Å². The summed E-state index contributed by atoms with van der Waals surface area (Å²) in [6, 6.07) is 6.81. The van der Waals surface area contributed by atoms with E-state index in [0.29, 0.717) is 0 Å². The number of fused-ring (bicyclic) bond motifs is 1. The molecule has 1 aromatic carbocycles. The molecule has 0 saturated carbocycles. The molecule has 0 radical (unpaired) electrons. The van der Waals surface area contributed by atoms with Gasteiger partial charge in [0, 0.05) is 36.1 Å². The van der Waals surface area contributed by atoms with E-state index in [1.165, 1.54) is 44.3 Å². The number of ketones is 1. The Labute approximate surface area is 147 Å². The number of hydrogen-bond donors (Lipinski definition) is 2. The first kappa shape index (κ1) is 17.5. The van der Waals surface area contributed by atoms with Crippen LogP contribution in [0.1, 0.15) is 35.8 Å². The zero-order chi connectivity index (χ0) is 19.0. The molecule has 0 bridgehead atoms. The summed E-state index contributed by atoms with van der Waals surface area (Å²) >= 11 is 0. The summed E-state index contributed by atoms with van der Waals surface area (Å²) in [7, 11) is 0. The first-order chi connectivity index (χ1) is 12.3. The average Bonchev–Trinajstić information content (AvgIpc) is 2.61. The third-order valence-electron chi connectivity index (χ3n) is 4.10. The molecule has 0 aliphatic carbocycles. The molecular weight excluding hydrogens is 340 g/mol. The van der Waals surface area contributed by atoms with Crippen molar-refractivity contribution in [3.05, 3.63) is 64.9 Å². The van der Waals surface area contributed by atoms with Crippen molar-refractivity contribution in [1.29, 1.82) is 10.8 Å². The molecule has 0 aliphatic heterocycles. The van der Waals surface area contributed by atoms with E-state index in [1.807, 2.05) is 0 Å². The normalized spacial score (nSPS) is 12.2. The maximum atomic E-state index is 14.9. The second-order valence-corrected chi connectivity index (χ2v) is 5.83. The fourth-order valence-corrected chi connectivity index (χ4v) is 2.68. The summed E-state index contributed by atoms with van der Waals surface area (Å²) in [6.45, 7) is 2.75. The molecule has 1 unspecified atom stereocenters. The second kappa shape index (κ2) is 6.55. The van der Waals surface area contributed by atoms with Crippen LogP contribution in [-0.4, -0.2) is 26.4 Å². The number of nitrogens with zero attached hydrogens (tertiary/aromatic N) is 3. The number of halogens is 2. The molecule has 0 amide bonds. The molecule has 3 rings (SSSR count). The average molecular weight is 355 g/mol. The molecule has 0 saturated heterocycles. The van der Waals surface area contributed by atoms with Crippen LogP contribution < -0.4 is 5.49 Å². The number of carbonyl (C=O) groups excluding carboxylic acids is 1. The smallest absolute Gasteiger partial charge is 0.179 e. The summed E-state index contributed by atoms with van der Waals surface area (Å²) in [4.78, 5) is 15.4. The number of nitrogens with one attached hydrogen (secondary N) is 2. The number of aromatic nitrogens is 3. The highest BCUT2D eigenvalue weighted by molar-refractivity contribution is 5.93. The predicted molar refractivity (Wildman–Crippen MR) is 91.3 cm³/mol. The first-order valence-electron chi connectivity index (χ1n) is 7.78. The molecule has 2 heterocycles. The fourth-order valence-electron chi connectivity index (χ4n) is 2.68. The van der Waals surface area contributed by atoms with Gasteiger partial charge < -0.3 is 0 Å². The third-order valence-corrected chi connectivity index (χ3v) is 4.10. The Kier molecular flexibility index (Phi) is 4.41. The van der Waals surface area contributed by atoms with Gasteiger partial charge in [-0.3, -0.25) is 20.6 Å². The van der Waals surface area contributed by atoms with Gasteiger partial charge in [0.05, 0.1) is 5.52 Å². The Balaban J connectivity index is 2.13. The number of rotatable bonds is 3. The van der Waals surface area contributed by atoms with Gasteiger partial charge in [-0.1, -0.05) is 6.92 Å². The van der Waals surface area contributed by atoms with E-state index in [0.717, 1.165) is 10.7 Å². The molecule has 26 heavy (non-hydrogen) atoms. The predicted octanol–water partition coefficient (Wildman–Crippen LogP) is 3.02. The van der Waals surface area contributed by atoms with Crippen LogP contribution in [0.4, 0.5) is 8.78 Å². The van der Waals surface area contributed by atoms with Crippen molar-refractivity contribution in [2.24, 2.45) is 0 Å². The monoisotopic (exact) mass is 355 g/mol. The van der Waals surface area contributed by atoms with Crippen molar-refractivity contribution in [2.45, 2.75) is 19.8 Å². The molecule has 8 heteroatoms. The van der Waals surface area contributed by atoms with Crippen molar-refractivity contribution < 1.29 is 13.6 Å². The van der Waals surface area contributed by atoms with Gasteiger partial charge in [0.2, 0.25) is 0 Å². The molecule has 2 aromatic heterocycles. The summed E-state index contributed by atoms with van der Waals surface area (Å²) in [5.41, 5.74) is -0.246. The summed E-state index contributed by atoms with van der Waals surface area (Å²) in [5, 5.41) is 20.2. The minimum Gasteiger partial charge on any atom is -0.293 e. The minimum absolute atomic E-state index is 0.0570. The van der Waals surface area contributed by atoms with Crippen LogP contribution in [0.5, 0.6) is 0 Å². The molecule has 6 nitrogen and oxygen atoms in total. The van der Waals surface area contributed by atoms with Crippen LogP contribution in [-0.2, 0) is 0 Å². The van der Waals surface area contributed by atoms with E-state index in [9.17, 15) is 13.6 Å². The maximum absolute atomic E-state index is 14.9.